The first-order valence-electron chi connectivity index (χ1n) is 10.8. The number of carbonyl (C=O) groups excluding carboxylic acids is 1. The Balaban J connectivity index is 1.62. The zero-order chi connectivity index (χ0) is 29.7. The number of phosphoric acid groups is 3. The third-order valence-electron chi connectivity index (χ3n) is 5.00. The molecule has 3 unspecified atom stereocenters. The Morgan fingerprint density at radius 2 is 1.85 bits per heavy atom. The van der Waals surface area contributed by atoms with Crippen molar-refractivity contribution in [2.24, 2.45) is 0 Å². The summed E-state index contributed by atoms with van der Waals surface area (Å²) in [6, 6.07) is 8.29. The number of ether oxygens (including phenoxy) is 1. The normalized spacial score (nSPS) is 22.4. The number of nitrogens with one attached hydrogen (secondary N) is 1. The van der Waals surface area contributed by atoms with Gasteiger partial charge in [0.15, 0.2) is 0 Å². The fourth-order valence-corrected chi connectivity index (χ4v) is 7.64. The van der Waals surface area contributed by atoms with Crippen molar-refractivity contribution >= 4 is 56.8 Å². The van der Waals surface area contributed by atoms with E-state index in [9.17, 15) is 38.2 Å². The van der Waals surface area contributed by atoms with E-state index >= 15 is 0 Å². The molecule has 1 aromatic heterocycles. The lowest BCUT2D eigenvalue weighted by Gasteiger charge is -2.19. The largest absolute Gasteiger partial charge is 0.490 e. The van der Waals surface area contributed by atoms with Crippen LogP contribution in [0.3, 0.4) is 0 Å². The molecule has 40 heavy (non-hydrogen) atoms. The number of hydrogen-bond acceptors (Lipinski definition) is 13. The van der Waals surface area contributed by atoms with Crippen LogP contribution in [0.4, 0.5) is 5.82 Å². The second kappa shape index (κ2) is 13.7. The fraction of sp³-hybridized carbons (Fsp3) is 0.389. The molecule has 22 heteroatoms. The lowest BCUT2D eigenvalue weighted by molar-refractivity contribution is -0.0449. The van der Waals surface area contributed by atoms with Crippen LogP contribution in [0.25, 0.3) is 0 Å². The number of benzene rings is 1. The van der Waals surface area contributed by atoms with E-state index in [1.807, 2.05) is 12.3 Å². The average Bonchev–Trinajstić information content (AvgIpc) is 3.19. The molecule has 3 rings (SSSR count). The summed E-state index contributed by atoms with van der Waals surface area (Å²) in [5.74, 6) is 0.0759. The molecule has 222 valence electrons. The molecule has 1 amide bonds. The molecule has 0 saturated carbocycles. The molecule has 0 radical (unpaired) electrons. The van der Waals surface area contributed by atoms with Gasteiger partial charge >= 0.3 is 29.2 Å². The first kappa shape index (κ1) is 33.1. The fourth-order valence-electron chi connectivity index (χ4n) is 3.38. The molecule has 1 aromatic carbocycles. The Morgan fingerprint density at radius 1 is 1.15 bits per heavy atom. The van der Waals surface area contributed by atoms with Crippen LogP contribution in [0.1, 0.15) is 28.6 Å². The van der Waals surface area contributed by atoms with Crippen LogP contribution in [0.15, 0.2) is 41.3 Å². The summed E-state index contributed by atoms with van der Waals surface area (Å²) in [6.07, 6.45) is -0.826. The number of hydrogen-bond donors (Lipinski definition) is 6. The lowest BCUT2D eigenvalue weighted by atomic mass is 10.1. The Hall–Kier alpha value is -1.40. The Kier molecular flexibility index (Phi) is 11.4. The SMILES string of the molecule is CSSCc1ccccc1C(=O)Nc1ccn([C@H]2CC(O)[C@@H](COP(=O)(O)OP(=O)(O)OP(=O)(O)O)O2)c(=O)n1. The maximum absolute atomic E-state index is 12.8. The highest BCUT2D eigenvalue weighted by molar-refractivity contribution is 8.76. The lowest BCUT2D eigenvalue weighted by Crippen LogP contribution is -2.29. The number of anilines is 1. The second-order valence-electron chi connectivity index (χ2n) is 7.86. The zero-order valence-corrected chi connectivity index (χ0v) is 24.6. The van der Waals surface area contributed by atoms with Gasteiger partial charge in [-0.3, -0.25) is 13.9 Å². The number of aliphatic hydroxyl groups is 1. The summed E-state index contributed by atoms with van der Waals surface area (Å²) in [4.78, 5) is 65.1. The minimum absolute atomic E-state index is 0.0404. The van der Waals surface area contributed by atoms with Gasteiger partial charge in [-0.2, -0.15) is 13.6 Å². The van der Waals surface area contributed by atoms with Crippen LogP contribution in [-0.2, 0) is 37.3 Å². The maximum Gasteiger partial charge on any atom is 0.490 e. The van der Waals surface area contributed by atoms with Gasteiger partial charge in [-0.1, -0.05) is 39.8 Å². The van der Waals surface area contributed by atoms with Gasteiger partial charge in [0, 0.05) is 23.9 Å². The first-order valence-corrected chi connectivity index (χ1v) is 18.1. The van der Waals surface area contributed by atoms with Crippen LogP contribution in [0.5, 0.6) is 0 Å². The highest BCUT2D eigenvalue weighted by Crippen LogP contribution is 2.66. The van der Waals surface area contributed by atoms with Gasteiger partial charge in [-0.05, 0) is 24.0 Å². The standard InChI is InChI=1S/C18H24N3O14P3S2/c1-39-40-10-11-4-2-3-5-12(11)17(23)19-15-6-7-21(18(24)20-15)16-8-13(22)14(33-16)9-32-37(28,29)35-38(30,31)34-36(25,26)27/h2-7,13-14,16,22H,8-10H2,1H3,(H,28,29)(H,30,31)(H2,25,26,27)(H,19,20,23,24)/t13?,14-,16-/m1/s1. The molecule has 17 nitrogen and oxygen atoms in total. The van der Waals surface area contributed by atoms with Gasteiger partial charge in [0.25, 0.3) is 5.91 Å². The monoisotopic (exact) mass is 663 g/mol. The number of rotatable bonds is 13. The zero-order valence-electron chi connectivity index (χ0n) is 20.3. The van der Waals surface area contributed by atoms with Gasteiger partial charge in [-0.25, -0.2) is 18.5 Å². The highest BCUT2D eigenvalue weighted by Gasteiger charge is 2.43. The smallest absolute Gasteiger partial charge is 0.390 e. The van der Waals surface area contributed by atoms with E-state index in [2.05, 4.69) is 23.4 Å². The number of phosphoric ester groups is 1. The molecule has 2 heterocycles. The topological polar surface area (TPSA) is 253 Å². The third-order valence-corrected chi connectivity index (χ3v) is 10.5. The summed E-state index contributed by atoms with van der Waals surface area (Å²) in [5.41, 5.74) is 0.356. The van der Waals surface area contributed by atoms with Crippen molar-refractivity contribution in [3.05, 3.63) is 58.1 Å². The van der Waals surface area contributed by atoms with Gasteiger partial charge in [0.1, 0.15) is 18.1 Å². The Labute approximate surface area is 234 Å². The average molecular weight is 663 g/mol. The Bertz CT molecular complexity index is 1420. The second-order valence-corrected chi connectivity index (χ2v) is 14.8. The van der Waals surface area contributed by atoms with E-state index < -0.39 is 60.1 Å². The van der Waals surface area contributed by atoms with Gasteiger partial charge in [0.2, 0.25) is 0 Å². The van der Waals surface area contributed by atoms with E-state index in [-0.39, 0.29) is 12.2 Å². The Morgan fingerprint density at radius 3 is 2.50 bits per heavy atom. The minimum Gasteiger partial charge on any atom is -0.390 e. The van der Waals surface area contributed by atoms with Crippen molar-refractivity contribution in [2.75, 3.05) is 18.2 Å². The van der Waals surface area contributed by atoms with Gasteiger partial charge in [-0.15, -0.1) is 0 Å². The first-order chi connectivity index (χ1) is 18.6. The molecule has 5 atom stereocenters. The summed E-state index contributed by atoms with van der Waals surface area (Å²) in [5, 5.41) is 12.8. The molecule has 1 fully saturated rings. The quantitative estimate of drug-likeness (QED) is 0.132. The van der Waals surface area contributed by atoms with Crippen molar-refractivity contribution in [2.45, 2.75) is 30.6 Å². The predicted molar refractivity (Wildman–Crippen MR) is 142 cm³/mol. The van der Waals surface area contributed by atoms with Crippen molar-refractivity contribution in [3.8, 4) is 0 Å². The number of aliphatic hydroxyl groups excluding tert-OH is 1. The van der Waals surface area contributed by atoms with E-state index in [0.29, 0.717) is 11.3 Å². The van der Waals surface area contributed by atoms with Crippen molar-refractivity contribution < 1.29 is 61.1 Å². The summed E-state index contributed by atoms with van der Waals surface area (Å²) in [7, 11) is -13.6. The molecule has 2 aromatic rings. The molecule has 1 aliphatic heterocycles. The number of amides is 1. The van der Waals surface area contributed by atoms with Crippen molar-refractivity contribution in [1.29, 1.82) is 0 Å². The molecular formula is C18H24N3O14P3S2. The summed E-state index contributed by atoms with van der Waals surface area (Å²) < 4.78 is 52.2. The molecule has 6 N–H and O–H groups in total. The molecule has 1 aliphatic rings. The van der Waals surface area contributed by atoms with Gasteiger partial charge in [0.05, 0.1) is 12.7 Å². The number of nitrogens with zero attached hydrogens (tertiary/aromatic N) is 2. The van der Waals surface area contributed by atoms with Crippen molar-refractivity contribution in [3.63, 3.8) is 0 Å². The van der Waals surface area contributed by atoms with Crippen molar-refractivity contribution in [1.82, 2.24) is 9.55 Å². The predicted octanol–water partition coefficient (Wildman–Crippen LogP) is 2.00. The van der Waals surface area contributed by atoms with Crippen LogP contribution in [0, 0.1) is 0 Å². The molecular weight excluding hydrogens is 639 g/mol. The van der Waals surface area contributed by atoms with E-state index in [0.717, 1.165) is 10.1 Å². The van der Waals surface area contributed by atoms with Crippen LogP contribution in [-0.4, -0.2) is 65.2 Å². The minimum atomic E-state index is -5.71. The molecule has 0 bridgehead atoms. The van der Waals surface area contributed by atoms with E-state index in [4.69, 9.17) is 14.5 Å². The van der Waals surface area contributed by atoms with Crippen LogP contribution >= 0.6 is 45.1 Å². The maximum atomic E-state index is 12.8. The molecule has 0 aliphatic carbocycles. The molecule has 1 saturated heterocycles. The number of carbonyl (C=O) groups is 1. The van der Waals surface area contributed by atoms with Crippen LogP contribution < -0.4 is 11.0 Å². The molecule has 0 spiro atoms. The third kappa shape index (κ3) is 9.86. The highest BCUT2D eigenvalue weighted by atomic mass is 33.1. The van der Waals surface area contributed by atoms with Gasteiger partial charge < -0.3 is 34.7 Å². The van der Waals surface area contributed by atoms with E-state index in [1.54, 1.807) is 39.8 Å². The number of aromatic nitrogens is 2. The summed E-state index contributed by atoms with van der Waals surface area (Å²) >= 11 is 0. The summed E-state index contributed by atoms with van der Waals surface area (Å²) in [6.45, 7) is -0.897. The van der Waals surface area contributed by atoms with Crippen LogP contribution in [0.2, 0.25) is 0 Å². The van der Waals surface area contributed by atoms with E-state index in [1.165, 1.54) is 12.3 Å².